The minimum absolute atomic E-state index is 0.287. The Balaban J connectivity index is 1.39. The van der Waals surface area contributed by atoms with Crippen LogP contribution in [-0.2, 0) is 6.54 Å². The fourth-order valence-corrected chi connectivity index (χ4v) is 5.01. The van der Waals surface area contributed by atoms with Gasteiger partial charge in [-0.05, 0) is 60.2 Å². The molecule has 5 rings (SSSR count). The number of thiophene rings is 1. The summed E-state index contributed by atoms with van der Waals surface area (Å²) in [6.07, 6.45) is 8.12. The first-order chi connectivity index (χ1) is 15.7. The topological polar surface area (TPSA) is 67.7 Å². The van der Waals surface area contributed by atoms with Gasteiger partial charge in [0.2, 0.25) is 5.95 Å². The first kappa shape index (κ1) is 20.9. The maximum Gasteiger partial charge on any atom is 0.227 e. The predicted molar refractivity (Wildman–Crippen MR) is 133 cm³/mol. The minimum Gasteiger partial charge on any atom is -0.364 e. The van der Waals surface area contributed by atoms with Crippen molar-refractivity contribution in [1.29, 1.82) is 0 Å². The van der Waals surface area contributed by atoms with Crippen molar-refractivity contribution in [2.45, 2.75) is 64.6 Å². The summed E-state index contributed by atoms with van der Waals surface area (Å²) in [5.41, 5.74) is 5.42. The van der Waals surface area contributed by atoms with E-state index in [0.29, 0.717) is 18.5 Å². The van der Waals surface area contributed by atoms with Gasteiger partial charge in [-0.15, -0.1) is 0 Å². The Bertz CT molecular complexity index is 1160. The minimum atomic E-state index is 0.287. The molecule has 1 aliphatic rings. The number of benzene rings is 1. The van der Waals surface area contributed by atoms with Gasteiger partial charge in [0.25, 0.3) is 0 Å². The standard InChI is InChI=1S/C25H30N6S/c1-17(2)31-16-27-22-23(29-25(30-24(22)31)28-21-6-4-3-5-7-21)26-14-18-8-10-19(11-9-18)20-12-13-32-15-20/h8-13,15-17,21H,3-7,14H2,1-2H3,(H2,26,28,29,30). The molecule has 3 aromatic heterocycles. The van der Waals surface area contributed by atoms with Crippen molar-refractivity contribution in [3.63, 3.8) is 0 Å². The van der Waals surface area contributed by atoms with E-state index in [4.69, 9.17) is 9.97 Å². The average Bonchev–Trinajstić information content (AvgIpc) is 3.49. The fourth-order valence-electron chi connectivity index (χ4n) is 4.34. The Morgan fingerprint density at radius 1 is 1.03 bits per heavy atom. The summed E-state index contributed by atoms with van der Waals surface area (Å²) in [5.74, 6) is 1.48. The molecule has 1 fully saturated rings. The first-order valence-corrected chi connectivity index (χ1v) is 12.5. The van der Waals surface area contributed by atoms with Crippen LogP contribution in [0.2, 0.25) is 0 Å². The van der Waals surface area contributed by atoms with Gasteiger partial charge in [0, 0.05) is 18.6 Å². The van der Waals surface area contributed by atoms with Crippen LogP contribution >= 0.6 is 11.3 Å². The number of fused-ring (bicyclic) bond motifs is 1. The van der Waals surface area contributed by atoms with Gasteiger partial charge in [0.1, 0.15) is 0 Å². The third-order valence-corrected chi connectivity index (χ3v) is 6.87. The van der Waals surface area contributed by atoms with Crippen molar-refractivity contribution in [3.8, 4) is 11.1 Å². The number of hydrogen-bond acceptors (Lipinski definition) is 6. The Labute approximate surface area is 193 Å². The molecular weight excluding hydrogens is 416 g/mol. The van der Waals surface area contributed by atoms with E-state index in [1.165, 1.54) is 48.8 Å². The quantitative estimate of drug-likeness (QED) is 0.339. The van der Waals surface area contributed by atoms with Gasteiger partial charge in [-0.25, -0.2) is 4.98 Å². The summed E-state index contributed by atoms with van der Waals surface area (Å²) in [5, 5.41) is 11.4. The third-order valence-electron chi connectivity index (χ3n) is 6.18. The first-order valence-electron chi connectivity index (χ1n) is 11.5. The van der Waals surface area contributed by atoms with Gasteiger partial charge in [-0.2, -0.15) is 21.3 Å². The zero-order chi connectivity index (χ0) is 21.9. The highest BCUT2D eigenvalue weighted by Crippen LogP contribution is 2.27. The number of rotatable bonds is 7. The number of nitrogens with zero attached hydrogens (tertiary/aromatic N) is 4. The van der Waals surface area contributed by atoms with Crippen LogP contribution < -0.4 is 10.6 Å². The Kier molecular flexibility index (Phi) is 6.08. The molecule has 32 heavy (non-hydrogen) atoms. The van der Waals surface area contributed by atoms with Crippen LogP contribution in [0.25, 0.3) is 22.3 Å². The van der Waals surface area contributed by atoms with E-state index in [9.17, 15) is 0 Å². The Morgan fingerprint density at radius 3 is 2.56 bits per heavy atom. The number of imidazole rings is 1. The summed E-state index contributed by atoms with van der Waals surface area (Å²) in [4.78, 5) is 14.3. The van der Waals surface area contributed by atoms with Gasteiger partial charge in [-0.3, -0.25) is 0 Å². The average molecular weight is 447 g/mol. The molecule has 0 saturated heterocycles. The van der Waals surface area contributed by atoms with Gasteiger partial charge < -0.3 is 15.2 Å². The predicted octanol–water partition coefficient (Wildman–Crippen LogP) is 6.49. The lowest BCUT2D eigenvalue weighted by molar-refractivity contribution is 0.461. The SMILES string of the molecule is CC(C)n1cnc2c(NCc3ccc(-c4ccsc4)cc3)nc(NC3CCCCC3)nc21. The number of anilines is 2. The largest absolute Gasteiger partial charge is 0.364 e. The molecule has 0 amide bonds. The van der Waals surface area contributed by atoms with Crippen molar-refractivity contribution in [3.05, 3.63) is 53.0 Å². The van der Waals surface area contributed by atoms with Crippen molar-refractivity contribution in [1.82, 2.24) is 19.5 Å². The van der Waals surface area contributed by atoms with E-state index in [1.54, 1.807) is 11.3 Å². The third kappa shape index (κ3) is 4.48. The van der Waals surface area contributed by atoms with Crippen molar-refractivity contribution in [2.24, 2.45) is 0 Å². The molecular formula is C25H30N6S. The lowest BCUT2D eigenvalue weighted by atomic mass is 9.96. The molecule has 0 unspecified atom stereocenters. The highest BCUT2D eigenvalue weighted by molar-refractivity contribution is 7.08. The lowest BCUT2D eigenvalue weighted by Gasteiger charge is -2.23. The molecule has 0 atom stereocenters. The second-order valence-corrected chi connectivity index (χ2v) is 9.64. The normalized spacial score (nSPS) is 14.8. The summed E-state index contributed by atoms with van der Waals surface area (Å²) in [7, 11) is 0. The van der Waals surface area contributed by atoms with Crippen molar-refractivity contribution >= 4 is 34.3 Å². The molecule has 3 heterocycles. The number of hydrogen-bond donors (Lipinski definition) is 2. The lowest BCUT2D eigenvalue weighted by Crippen LogP contribution is -2.24. The maximum atomic E-state index is 4.85. The van der Waals surface area contributed by atoms with Crippen LogP contribution in [0.4, 0.5) is 11.8 Å². The smallest absolute Gasteiger partial charge is 0.227 e. The van der Waals surface area contributed by atoms with Crippen molar-refractivity contribution in [2.75, 3.05) is 10.6 Å². The number of nitrogens with one attached hydrogen (secondary N) is 2. The molecule has 166 valence electrons. The second kappa shape index (κ2) is 9.28. The molecule has 2 N–H and O–H groups in total. The maximum absolute atomic E-state index is 4.85. The van der Waals surface area contributed by atoms with Gasteiger partial charge in [-0.1, -0.05) is 43.5 Å². The summed E-state index contributed by atoms with van der Waals surface area (Å²) in [6.45, 7) is 4.99. The summed E-state index contributed by atoms with van der Waals surface area (Å²) in [6, 6.07) is 11.6. The molecule has 0 aliphatic heterocycles. The van der Waals surface area contributed by atoms with E-state index in [2.05, 4.69) is 75.1 Å². The van der Waals surface area contributed by atoms with Crippen LogP contribution in [0.3, 0.4) is 0 Å². The van der Waals surface area contributed by atoms with Crippen LogP contribution in [0.1, 0.15) is 57.6 Å². The van der Waals surface area contributed by atoms with E-state index >= 15 is 0 Å². The van der Waals surface area contributed by atoms with E-state index in [1.807, 2.05) is 6.33 Å². The highest BCUT2D eigenvalue weighted by atomic mass is 32.1. The number of aromatic nitrogens is 4. The molecule has 1 saturated carbocycles. The van der Waals surface area contributed by atoms with Gasteiger partial charge in [0.15, 0.2) is 17.0 Å². The summed E-state index contributed by atoms with van der Waals surface area (Å²) < 4.78 is 2.11. The van der Waals surface area contributed by atoms with E-state index in [-0.39, 0.29) is 6.04 Å². The molecule has 4 aromatic rings. The Morgan fingerprint density at radius 2 is 1.84 bits per heavy atom. The molecule has 0 bridgehead atoms. The van der Waals surface area contributed by atoms with Crippen LogP contribution in [0.5, 0.6) is 0 Å². The van der Waals surface area contributed by atoms with Crippen LogP contribution in [0.15, 0.2) is 47.4 Å². The monoisotopic (exact) mass is 446 g/mol. The Hall–Kier alpha value is -2.93. The van der Waals surface area contributed by atoms with Gasteiger partial charge in [0.05, 0.1) is 6.33 Å². The molecule has 7 heteroatoms. The molecule has 1 aliphatic carbocycles. The molecule has 0 spiro atoms. The van der Waals surface area contributed by atoms with E-state index in [0.717, 1.165) is 17.0 Å². The summed E-state index contributed by atoms with van der Waals surface area (Å²) >= 11 is 1.72. The molecule has 0 radical (unpaired) electrons. The highest BCUT2D eigenvalue weighted by Gasteiger charge is 2.18. The van der Waals surface area contributed by atoms with Crippen LogP contribution in [-0.4, -0.2) is 25.6 Å². The van der Waals surface area contributed by atoms with E-state index < -0.39 is 0 Å². The van der Waals surface area contributed by atoms with Gasteiger partial charge >= 0.3 is 0 Å². The van der Waals surface area contributed by atoms with Crippen molar-refractivity contribution < 1.29 is 0 Å². The molecule has 1 aromatic carbocycles. The fraction of sp³-hybridized carbons (Fsp3) is 0.400. The second-order valence-electron chi connectivity index (χ2n) is 8.86. The zero-order valence-corrected chi connectivity index (χ0v) is 19.5. The molecule has 6 nitrogen and oxygen atoms in total. The zero-order valence-electron chi connectivity index (χ0n) is 18.7. The van der Waals surface area contributed by atoms with Crippen LogP contribution in [0, 0.1) is 0 Å².